The first-order chi connectivity index (χ1) is 18.8. The lowest BCUT2D eigenvalue weighted by Gasteiger charge is -2.62. The number of carbonyl (C=O) groups is 2. The standard InChI is InChI=1S/C18H21NO4.C14H28O2/c1-19-8-7-17-14-10-3-4-12(22-2)15(14)23-16(17)11(20)5-6-18(17,21)13(19)9-10;1-2-3-4-5-6-7-8-9-10-11-12-13-14(15)16/h3-4,13,16,21H,5-9H2,1-2H3;2-13H2,1H3,(H,15,16)/t13-,16+,17+,18-;/m1./s1. The highest BCUT2D eigenvalue weighted by molar-refractivity contribution is 5.90. The molecule has 2 bridgehead atoms. The van der Waals surface area contributed by atoms with Gasteiger partial charge in [0, 0.05) is 24.4 Å². The molecule has 218 valence electrons. The van der Waals surface area contributed by atoms with Crippen LogP contribution >= 0.6 is 0 Å². The summed E-state index contributed by atoms with van der Waals surface area (Å²) in [4.78, 5) is 25.2. The minimum atomic E-state index is -0.900. The Morgan fingerprint density at radius 2 is 1.69 bits per heavy atom. The average Bonchev–Trinajstić information content (AvgIpc) is 3.28. The number of carbonyl (C=O) groups excluding carboxylic acids is 1. The number of benzene rings is 1. The second-order valence-corrected chi connectivity index (χ2v) is 12.1. The van der Waals surface area contributed by atoms with E-state index < -0.39 is 23.1 Å². The minimum absolute atomic E-state index is 0.0438. The highest BCUT2D eigenvalue weighted by Crippen LogP contribution is 2.64. The van der Waals surface area contributed by atoms with Crippen LogP contribution < -0.4 is 9.47 Å². The summed E-state index contributed by atoms with van der Waals surface area (Å²) in [6.45, 7) is 3.12. The Kier molecular flexibility index (Phi) is 9.97. The van der Waals surface area contributed by atoms with Gasteiger partial charge in [0.1, 0.15) is 0 Å². The van der Waals surface area contributed by atoms with Crippen LogP contribution in [0.2, 0.25) is 0 Å². The number of nitrogens with zero attached hydrogens (tertiary/aromatic N) is 1. The van der Waals surface area contributed by atoms with Gasteiger partial charge in [-0.25, -0.2) is 0 Å². The number of unbranched alkanes of at least 4 members (excludes halogenated alkanes) is 10. The topological polar surface area (TPSA) is 96.3 Å². The van der Waals surface area contributed by atoms with Crippen LogP contribution in [0.25, 0.3) is 0 Å². The van der Waals surface area contributed by atoms with Gasteiger partial charge in [-0.2, -0.15) is 0 Å². The minimum Gasteiger partial charge on any atom is -0.493 e. The highest BCUT2D eigenvalue weighted by atomic mass is 16.5. The molecular formula is C32H49NO6. The normalized spacial score (nSPS) is 28.3. The molecule has 5 rings (SSSR count). The Morgan fingerprint density at radius 1 is 1.05 bits per heavy atom. The van der Waals surface area contributed by atoms with Crippen molar-refractivity contribution in [2.75, 3.05) is 20.7 Å². The molecule has 0 amide bonds. The zero-order valence-corrected chi connectivity index (χ0v) is 24.3. The molecule has 4 aliphatic rings. The second-order valence-electron chi connectivity index (χ2n) is 12.1. The lowest BCUT2D eigenvalue weighted by molar-refractivity contribution is -0.185. The number of likely N-dealkylation sites (N-methyl/N-ethyl adjacent to an activating group) is 1. The van der Waals surface area contributed by atoms with Crippen molar-refractivity contribution in [1.29, 1.82) is 0 Å². The maximum atomic E-state index is 12.7. The van der Waals surface area contributed by atoms with Crippen LogP contribution in [-0.4, -0.2) is 65.3 Å². The smallest absolute Gasteiger partial charge is 0.303 e. The number of aliphatic carboxylic acids is 1. The van der Waals surface area contributed by atoms with Crippen LogP contribution in [0, 0.1) is 0 Å². The summed E-state index contributed by atoms with van der Waals surface area (Å²) < 4.78 is 11.6. The number of piperidine rings is 1. The van der Waals surface area contributed by atoms with Crippen LogP contribution in [-0.2, 0) is 21.4 Å². The lowest BCUT2D eigenvalue weighted by atomic mass is 9.49. The molecule has 1 aromatic rings. The molecule has 1 aromatic carbocycles. The number of ether oxygens (including phenoxy) is 2. The molecule has 0 aromatic heterocycles. The molecule has 4 atom stereocenters. The second kappa shape index (κ2) is 13.0. The van der Waals surface area contributed by atoms with Gasteiger partial charge in [0.05, 0.1) is 18.1 Å². The van der Waals surface area contributed by atoms with Gasteiger partial charge in [-0.15, -0.1) is 0 Å². The van der Waals surface area contributed by atoms with Gasteiger partial charge in [0.15, 0.2) is 23.4 Å². The van der Waals surface area contributed by atoms with Gasteiger partial charge in [-0.05, 0) is 50.9 Å². The van der Waals surface area contributed by atoms with Crippen LogP contribution in [0.3, 0.4) is 0 Å². The number of methoxy groups -OCH3 is 1. The van der Waals surface area contributed by atoms with Crippen LogP contribution in [0.15, 0.2) is 12.1 Å². The Labute approximate surface area is 234 Å². The number of carboxylic acid groups (broad SMARTS) is 1. The summed E-state index contributed by atoms with van der Waals surface area (Å²) >= 11 is 0. The van der Waals surface area contributed by atoms with E-state index in [1.54, 1.807) is 7.11 Å². The molecular weight excluding hydrogens is 494 g/mol. The predicted molar refractivity (Wildman–Crippen MR) is 152 cm³/mol. The van der Waals surface area contributed by atoms with E-state index in [4.69, 9.17) is 14.6 Å². The molecule has 1 spiro atoms. The summed E-state index contributed by atoms with van der Waals surface area (Å²) in [6, 6.07) is 4.05. The zero-order chi connectivity index (χ0) is 28.0. The van der Waals surface area contributed by atoms with Gasteiger partial charge in [-0.3, -0.25) is 9.59 Å². The van der Waals surface area contributed by atoms with Crippen molar-refractivity contribution in [1.82, 2.24) is 4.90 Å². The fourth-order valence-electron chi connectivity index (χ4n) is 7.63. The first-order valence-electron chi connectivity index (χ1n) is 15.3. The lowest BCUT2D eigenvalue weighted by Crippen LogP contribution is -2.76. The summed E-state index contributed by atoms with van der Waals surface area (Å²) in [5.41, 5.74) is 0.737. The Bertz CT molecular complexity index is 1010. The molecule has 7 nitrogen and oxygen atoms in total. The third kappa shape index (κ3) is 5.72. The van der Waals surface area contributed by atoms with E-state index in [1.165, 1.54) is 63.4 Å². The van der Waals surface area contributed by atoms with Crippen LogP contribution in [0.1, 0.15) is 114 Å². The number of likely N-dealkylation sites (tertiary alicyclic amines) is 1. The van der Waals surface area contributed by atoms with E-state index >= 15 is 0 Å². The maximum absolute atomic E-state index is 12.7. The Morgan fingerprint density at radius 3 is 2.31 bits per heavy atom. The summed E-state index contributed by atoms with van der Waals surface area (Å²) in [7, 11) is 3.70. The number of hydrogen-bond donors (Lipinski definition) is 2. The number of hydrogen-bond acceptors (Lipinski definition) is 6. The quantitative estimate of drug-likeness (QED) is 0.303. The van der Waals surface area contributed by atoms with E-state index in [1.807, 2.05) is 6.07 Å². The van der Waals surface area contributed by atoms with Crippen molar-refractivity contribution in [2.24, 2.45) is 0 Å². The first-order valence-corrected chi connectivity index (χ1v) is 15.3. The summed E-state index contributed by atoms with van der Waals surface area (Å²) in [5, 5.41) is 20.2. The maximum Gasteiger partial charge on any atom is 0.303 e. The van der Waals surface area contributed by atoms with Crippen molar-refractivity contribution in [2.45, 2.75) is 133 Å². The number of aliphatic hydroxyl groups is 1. The molecule has 0 radical (unpaired) electrons. The van der Waals surface area contributed by atoms with E-state index in [2.05, 4.69) is 24.9 Å². The SMILES string of the molecule is CCCCCCCCCCCCCC(=O)O.COc1ccc2c3c1O[C@H]1C(=O)CC[C@@]4(O)[C@@H](C2)N(C)CC[C@]314. The van der Waals surface area contributed by atoms with Crippen molar-refractivity contribution in [3.05, 3.63) is 23.3 Å². The highest BCUT2D eigenvalue weighted by Gasteiger charge is 2.72. The molecule has 2 heterocycles. The van der Waals surface area contributed by atoms with Crippen molar-refractivity contribution < 1.29 is 29.3 Å². The largest absolute Gasteiger partial charge is 0.493 e. The third-order valence-electron chi connectivity index (χ3n) is 9.72. The molecule has 39 heavy (non-hydrogen) atoms. The molecule has 1 saturated heterocycles. The molecule has 2 aliphatic carbocycles. The van der Waals surface area contributed by atoms with E-state index in [0.29, 0.717) is 30.8 Å². The predicted octanol–water partition coefficient (Wildman–Crippen LogP) is 5.82. The summed E-state index contributed by atoms with van der Waals surface area (Å²) in [5.74, 6) is 0.812. The Hall–Kier alpha value is -2.12. The molecule has 2 fully saturated rings. The van der Waals surface area contributed by atoms with Gasteiger partial charge in [0.25, 0.3) is 0 Å². The molecule has 0 unspecified atom stereocenters. The number of carboxylic acids is 1. The van der Waals surface area contributed by atoms with Gasteiger partial charge >= 0.3 is 5.97 Å². The summed E-state index contributed by atoms with van der Waals surface area (Å²) in [6.07, 6.45) is 16.3. The fraction of sp³-hybridized carbons (Fsp3) is 0.750. The van der Waals surface area contributed by atoms with E-state index in [0.717, 1.165) is 37.8 Å². The monoisotopic (exact) mass is 543 g/mol. The number of rotatable bonds is 13. The fourth-order valence-corrected chi connectivity index (χ4v) is 7.63. The molecule has 2 aliphatic heterocycles. The van der Waals surface area contributed by atoms with Gasteiger partial charge < -0.3 is 24.6 Å². The van der Waals surface area contributed by atoms with E-state index in [9.17, 15) is 14.7 Å². The molecule has 2 N–H and O–H groups in total. The van der Waals surface area contributed by atoms with Crippen LogP contribution in [0.4, 0.5) is 0 Å². The van der Waals surface area contributed by atoms with Gasteiger partial charge in [-0.1, -0.05) is 77.2 Å². The van der Waals surface area contributed by atoms with Crippen molar-refractivity contribution >= 4 is 11.8 Å². The first kappa shape index (κ1) is 29.9. The molecule has 1 saturated carbocycles. The Balaban J connectivity index is 0.000000197. The van der Waals surface area contributed by atoms with Crippen molar-refractivity contribution in [3.8, 4) is 11.5 Å². The van der Waals surface area contributed by atoms with E-state index in [-0.39, 0.29) is 11.8 Å². The molecule has 7 heteroatoms. The van der Waals surface area contributed by atoms with Gasteiger partial charge in [0.2, 0.25) is 0 Å². The van der Waals surface area contributed by atoms with Crippen LogP contribution in [0.5, 0.6) is 11.5 Å². The average molecular weight is 544 g/mol. The third-order valence-corrected chi connectivity index (χ3v) is 9.72. The number of ketones is 1. The number of Topliss-reactive ketones (excluding diaryl/α,β-unsaturated/α-hetero) is 1. The zero-order valence-electron chi connectivity index (χ0n) is 24.3. The van der Waals surface area contributed by atoms with Crippen molar-refractivity contribution in [3.63, 3.8) is 0 Å².